The van der Waals surface area contributed by atoms with Gasteiger partial charge >= 0.3 is 0 Å². The third kappa shape index (κ3) is 2.21. The van der Waals surface area contributed by atoms with Gasteiger partial charge in [-0.25, -0.2) is 4.98 Å². The van der Waals surface area contributed by atoms with Gasteiger partial charge in [-0.15, -0.1) is 0 Å². The fraction of sp³-hybridized carbons (Fsp3) is 0.300. The molecule has 2 aromatic heterocycles. The molecule has 3 nitrogen and oxygen atoms in total. The van der Waals surface area contributed by atoms with Crippen LogP contribution >= 0.6 is 11.3 Å². The van der Waals surface area contributed by atoms with Crippen LogP contribution in [0.25, 0.3) is 0 Å². The molecule has 74 valence electrons. The summed E-state index contributed by atoms with van der Waals surface area (Å²) in [4.78, 5) is 3.85. The number of thiophene rings is 1. The second kappa shape index (κ2) is 4.39. The van der Waals surface area contributed by atoms with E-state index in [1.807, 2.05) is 0 Å². The molecule has 0 fully saturated rings. The summed E-state index contributed by atoms with van der Waals surface area (Å²) in [5, 5.41) is 7.63. The van der Waals surface area contributed by atoms with Crippen LogP contribution in [0.2, 0.25) is 0 Å². The van der Waals surface area contributed by atoms with Gasteiger partial charge in [0.15, 0.2) is 6.39 Å². The standard InChI is InChI=1S/C10H12N2OS/c1-8-5-14-6-9(8)2-11-3-10-4-12-7-13-10/h4-7,11H,2-3H2,1H3. The molecule has 0 saturated carbocycles. The normalized spacial score (nSPS) is 10.6. The first-order valence-corrected chi connectivity index (χ1v) is 5.40. The Labute approximate surface area is 86.8 Å². The number of nitrogens with zero attached hydrogens (tertiary/aromatic N) is 1. The van der Waals surface area contributed by atoms with Crippen molar-refractivity contribution in [2.45, 2.75) is 20.0 Å². The second-order valence-electron chi connectivity index (χ2n) is 3.15. The summed E-state index contributed by atoms with van der Waals surface area (Å²) in [7, 11) is 0. The zero-order valence-electron chi connectivity index (χ0n) is 7.99. The maximum atomic E-state index is 5.11. The lowest BCUT2D eigenvalue weighted by atomic mass is 10.2. The first-order valence-electron chi connectivity index (χ1n) is 4.46. The predicted molar refractivity (Wildman–Crippen MR) is 56.1 cm³/mol. The highest BCUT2D eigenvalue weighted by molar-refractivity contribution is 7.08. The summed E-state index contributed by atoms with van der Waals surface area (Å²) in [6.07, 6.45) is 3.18. The Bertz CT molecular complexity index is 380. The molecule has 0 radical (unpaired) electrons. The van der Waals surface area contributed by atoms with E-state index in [1.54, 1.807) is 17.5 Å². The van der Waals surface area contributed by atoms with Crippen molar-refractivity contribution in [3.63, 3.8) is 0 Å². The Morgan fingerprint density at radius 3 is 3.00 bits per heavy atom. The van der Waals surface area contributed by atoms with Gasteiger partial charge in [0.25, 0.3) is 0 Å². The number of oxazole rings is 1. The molecule has 2 rings (SSSR count). The third-order valence-electron chi connectivity index (χ3n) is 2.06. The number of hydrogen-bond acceptors (Lipinski definition) is 4. The third-order valence-corrected chi connectivity index (χ3v) is 2.97. The van der Waals surface area contributed by atoms with Crippen molar-refractivity contribution < 1.29 is 4.42 Å². The van der Waals surface area contributed by atoms with E-state index in [2.05, 4.69) is 28.0 Å². The van der Waals surface area contributed by atoms with Crippen LogP contribution in [0.1, 0.15) is 16.9 Å². The largest absolute Gasteiger partial charge is 0.447 e. The van der Waals surface area contributed by atoms with E-state index in [9.17, 15) is 0 Å². The summed E-state index contributed by atoms with van der Waals surface area (Å²) in [6.45, 7) is 3.74. The van der Waals surface area contributed by atoms with E-state index in [1.165, 1.54) is 17.5 Å². The molecule has 0 saturated heterocycles. The van der Waals surface area contributed by atoms with Crippen molar-refractivity contribution in [1.29, 1.82) is 0 Å². The highest BCUT2D eigenvalue weighted by Gasteiger charge is 1.99. The van der Waals surface area contributed by atoms with Gasteiger partial charge in [-0.05, 0) is 28.8 Å². The van der Waals surface area contributed by atoms with Crippen molar-refractivity contribution >= 4 is 11.3 Å². The molecule has 0 aliphatic heterocycles. The number of aryl methyl sites for hydroxylation is 1. The van der Waals surface area contributed by atoms with Crippen LogP contribution in [-0.2, 0) is 13.1 Å². The topological polar surface area (TPSA) is 38.1 Å². The molecule has 2 aromatic rings. The van der Waals surface area contributed by atoms with Gasteiger partial charge in [0.1, 0.15) is 5.76 Å². The lowest BCUT2D eigenvalue weighted by Crippen LogP contribution is -2.12. The fourth-order valence-corrected chi connectivity index (χ4v) is 2.07. The maximum absolute atomic E-state index is 5.11. The van der Waals surface area contributed by atoms with Gasteiger partial charge in [0, 0.05) is 6.54 Å². The minimum atomic E-state index is 0.731. The van der Waals surface area contributed by atoms with Gasteiger partial charge < -0.3 is 9.73 Å². The van der Waals surface area contributed by atoms with Gasteiger partial charge in [-0.1, -0.05) is 0 Å². The van der Waals surface area contributed by atoms with Gasteiger partial charge in [-0.3, -0.25) is 0 Å². The lowest BCUT2D eigenvalue weighted by Gasteiger charge is -2.01. The predicted octanol–water partition coefficient (Wildman–Crippen LogP) is 2.33. The number of hydrogen-bond donors (Lipinski definition) is 1. The van der Waals surface area contributed by atoms with Crippen LogP contribution in [0.4, 0.5) is 0 Å². The minimum absolute atomic E-state index is 0.731. The number of aromatic nitrogens is 1. The van der Waals surface area contributed by atoms with Gasteiger partial charge in [0.2, 0.25) is 0 Å². The van der Waals surface area contributed by atoms with E-state index < -0.39 is 0 Å². The van der Waals surface area contributed by atoms with E-state index in [0.29, 0.717) is 0 Å². The van der Waals surface area contributed by atoms with Crippen molar-refractivity contribution in [2.75, 3.05) is 0 Å². The Kier molecular flexibility index (Phi) is 2.96. The van der Waals surface area contributed by atoms with Crippen molar-refractivity contribution in [1.82, 2.24) is 10.3 Å². The fourth-order valence-electron chi connectivity index (χ4n) is 1.22. The Morgan fingerprint density at radius 1 is 1.43 bits per heavy atom. The lowest BCUT2D eigenvalue weighted by molar-refractivity contribution is 0.479. The highest BCUT2D eigenvalue weighted by Crippen LogP contribution is 2.13. The smallest absolute Gasteiger partial charge is 0.180 e. The van der Waals surface area contributed by atoms with Crippen LogP contribution in [0.5, 0.6) is 0 Å². The first kappa shape index (κ1) is 9.43. The summed E-state index contributed by atoms with van der Waals surface area (Å²) in [5.41, 5.74) is 2.70. The molecule has 0 aliphatic rings. The number of rotatable bonds is 4. The Morgan fingerprint density at radius 2 is 2.36 bits per heavy atom. The molecule has 0 spiro atoms. The van der Waals surface area contributed by atoms with Crippen LogP contribution in [-0.4, -0.2) is 4.98 Å². The summed E-state index contributed by atoms with van der Waals surface area (Å²) >= 11 is 1.74. The molecular weight excluding hydrogens is 196 g/mol. The molecule has 14 heavy (non-hydrogen) atoms. The zero-order chi connectivity index (χ0) is 9.80. The molecule has 0 amide bonds. The number of nitrogens with one attached hydrogen (secondary N) is 1. The maximum Gasteiger partial charge on any atom is 0.180 e. The van der Waals surface area contributed by atoms with E-state index in [0.717, 1.165) is 18.8 Å². The molecule has 0 aliphatic carbocycles. The van der Waals surface area contributed by atoms with E-state index in [4.69, 9.17) is 4.42 Å². The van der Waals surface area contributed by atoms with Crippen LogP contribution in [0, 0.1) is 6.92 Å². The molecule has 2 heterocycles. The van der Waals surface area contributed by atoms with Crippen LogP contribution < -0.4 is 5.32 Å². The Hall–Kier alpha value is -1.13. The van der Waals surface area contributed by atoms with Crippen molar-refractivity contribution in [2.24, 2.45) is 0 Å². The Balaban J connectivity index is 1.81. The average molecular weight is 208 g/mol. The SMILES string of the molecule is Cc1cscc1CNCc1cnco1. The van der Waals surface area contributed by atoms with Crippen molar-refractivity contribution in [3.8, 4) is 0 Å². The molecular formula is C10H12N2OS. The molecule has 4 heteroatoms. The summed E-state index contributed by atoms with van der Waals surface area (Å²) in [5.74, 6) is 0.873. The summed E-state index contributed by atoms with van der Waals surface area (Å²) < 4.78 is 5.11. The summed E-state index contributed by atoms with van der Waals surface area (Å²) in [6, 6.07) is 0. The zero-order valence-corrected chi connectivity index (χ0v) is 8.80. The molecule has 0 aromatic carbocycles. The monoisotopic (exact) mass is 208 g/mol. The minimum Gasteiger partial charge on any atom is -0.447 e. The molecule has 0 atom stereocenters. The average Bonchev–Trinajstić information content (AvgIpc) is 2.78. The van der Waals surface area contributed by atoms with Crippen LogP contribution in [0.3, 0.4) is 0 Å². The molecule has 0 bridgehead atoms. The van der Waals surface area contributed by atoms with E-state index in [-0.39, 0.29) is 0 Å². The van der Waals surface area contributed by atoms with Gasteiger partial charge in [0.05, 0.1) is 12.7 Å². The quantitative estimate of drug-likeness (QED) is 0.838. The molecule has 1 N–H and O–H groups in total. The van der Waals surface area contributed by atoms with Crippen molar-refractivity contribution in [3.05, 3.63) is 40.2 Å². The molecule has 0 unspecified atom stereocenters. The van der Waals surface area contributed by atoms with E-state index >= 15 is 0 Å². The highest BCUT2D eigenvalue weighted by atomic mass is 32.1. The second-order valence-corrected chi connectivity index (χ2v) is 3.89. The first-order chi connectivity index (χ1) is 6.86. The van der Waals surface area contributed by atoms with Gasteiger partial charge in [-0.2, -0.15) is 11.3 Å². The van der Waals surface area contributed by atoms with Crippen LogP contribution in [0.15, 0.2) is 27.8 Å².